The number of halogens is 1. The Bertz CT molecular complexity index is 350. The fraction of sp³-hybridized carbons (Fsp3) is 0.167. The topological polar surface area (TPSA) is 0 Å². The molecule has 0 radical (unpaired) electrons. The first-order valence-corrected chi connectivity index (χ1v) is 5.54. The van der Waals surface area contributed by atoms with E-state index in [1.54, 1.807) is 0 Å². The lowest BCUT2D eigenvalue weighted by atomic mass is 10.0. The van der Waals surface area contributed by atoms with Gasteiger partial charge < -0.3 is 0 Å². The van der Waals surface area contributed by atoms with Gasteiger partial charge in [0.15, 0.2) is 0 Å². The lowest BCUT2D eigenvalue weighted by molar-refractivity contribution is 1.11. The zero-order chi connectivity index (χ0) is 9.10. The third-order valence-electron chi connectivity index (χ3n) is 2.27. The minimum absolute atomic E-state index is 0.480. The molecule has 0 bridgehead atoms. The highest BCUT2D eigenvalue weighted by Crippen LogP contribution is 2.30. The predicted molar refractivity (Wildman–Crippen MR) is 61.2 cm³/mol. The third kappa shape index (κ3) is 1.75. The summed E-state index contributed by atoms with van der Waals surface area (Å²) in [6.07, 6.45) is 8.82. The molecule has 1 aliphatic carbocycles. The molecule has 0 saturated heterocycles. The summed E-state index contributed by atoms with van der Waals surface area (Å²) in [6, 6.07) is 8.53. The Morgan fingerprint density at radius 3 is 3.00 bits per heavy atom. The normalized spacial score (nSPS) is 19.6. The Kier molecular flexibility index (Phi) is 2.65. The Balaban J connectivity index is 2.28. The van der Waals surface area contributed by atoms with Crippen molar-refractivity contribution >= 4 is 22.0 Å². The van der Waals surface area contributed by atoms with Crippen LogP contribution in [0.15, 0.2) is 42.5 Å². The second kappa shape index (κ2) is 3.93. The van der Waals surface area contributed by atoms with Crippen molar-refractivity contribution in [2.75, 3.05) is 5.33 Å². The number of alkyl halides is 1. The second-order valence-electron chi connectivity index (χ2n) is 3.10. The highest BCUT2D eigenvalue weighted by Gasteiger charge is 2.12. The van der Waals surface area contributed by atoms with Crippen molar-refractivity contribution < 1.29 is 0 Å². The SMILES string of the molecule is BrC/C=C/C1C=Cc2ccccc21. The Labute approximate surface area is 87.1 Å². The Morgan fingerprint density at radius 1 is 1.31 bits per heavy atom. The van der Waals surface area contributed by atoms with Gasteiger partial charge in [-0.05, 0) is 11.1 Å². The van der Waals surface area contributed by atoms with Crippen molar-refractivity contribution in [3.8, 4) is 0 Å². The molecule has 1 heteroatoms. The van der Waals surface area contributed by atoms with E-state index in [2.05, 4.69) is 64.5 Å². The van der Waals surface area contributed by atoms with Crippen LogP contribution in [0.2, 0.25) is 0 Å². The van der Waals surface area contributed by atoms with Gasteiger partial charge in [0.2, 0.25) is 0 Å². The molecule has 0 fully saturated rings. The molecule has 1 aliphatic rings. The lowest BCUT2D eigenvalue weighted by Crippen LogP contribution is -1.87. The minimum Gasteiger partial charge on any atom is -0.0883 e. The van der Waals surface area contributed by atoms with Crippen molar-refractivity contribution in [2.45, 2.75) is 5.92 Å². The number of allylic oxidation sites excluding steroid dienone is 3. The van der Waals surface area contributed by atoms with Crippen molar-refractivity contribution in [3.63, 3.8) is 0 Å². The summed E-state index contributed by atoms with van der Waals surface area (Å²) in [5.74, 6) is 0.480. The predicted octanol–water partition coefficient (Wildman–Crippen LogP) is 3.75. The molecular weight excluding hydrogens is 224 g/mol. The molecule has 0 amide bonds. The molecule has 66 valence electrons. The van der Waals surface area contributed by atoms with Gasteiger partial charge in [0.05, 0.1) is 0 Å². The summed E-state index contributed by atoms with van der Waals surface area (Å²) in [5.41, 5.74) is 2.77. The molecule has 0 nitrogen and oxygen atoms in total. The van der Waals surface area contributed by atoms with Crippen LogP contribution in [0.4, 0.5) is 0 Å². The van der Waals surface area contributed by atoms with E-state index in [1.165, 1.54) is 11.1 Å². The maximum atomic E-state index is 3.39. The van der Waals surface area contributed by atoms with E-state index >= 15 is 0 Å². The van der Waals surface area contributed by atoms with Gasteiger partial charge in [-0.3, -0.25) is 0 Å². The smallest absolute Gasteiger partial charge is 0.0212 e. The van der Waals surface area contributed by atoms with Crippen LogP contribution in [-0.4, -0.2) is 5.33 Å². The van der Waals surface area contributed by atoms with Gasteiger partial charge in [0, 0.05) is 11.2 Å². The van der Waals surface area contributed by atoms with Gasteiger partial charge in [-0.25, -0.2) is 0 Å². The number of benzene rings is 1. The molecule has 1 unspecified atom stereocenters. The number of hydrogen-bond acceptors (Lipinski definition) is 0. The standard InChI is InChI=1S/C12H11Br/c13-9-3-5-11-8-7-10-4-1-2-6-12(10)11/h1-8,11H,9H2/b5-3+. The fourth-order valence-corrected chi connectivity index (χ4v) is 1.86. The summed E-state index contributed by atoms with van der Waals surface area (Å²) >= 11 is 3.39. The van der Waals surface area contributed by atoms with E-state index in [1.807, 2.05) is 0 Å². The minimum atomic E-state index is 0.480. The van der Waals surface area contributed by atoms with Crippen molar-refractivity contribution in [3.05, 3.63) is 53.6 Å². The number of rotatable bonds is 2. The molecule has 1 aromatic rings. The summed E-state index contributed by atoms with van der Waals surface area (Å²) in [5, 5.41) is 0.930. The molecule has 2 rings (SSSR count). The zero-order valence-electron chi connectivity index (χ0n) is 7.28. The van der Waals surface area contributed by atoms with Gasteiger partial charge in [0.25, 0.3) is 0 Å². The van der Waals surface area contributed by atoms with E-state index in [9.17, 15) is 0 Å². The summed E-state index contributed by atoms with van der Waals surface area (Å²) in [4.78, 5) is 0. The zero-order valence-corrected chi connectivity index (χ0v) is 8.87. The van der Waals surface area contributed by atoms with Crippen LogP contribution in [-0.2, 0) is 0 Å². The maximum Gasteiger partial charge on any atom is 0.0212 e. The molecule has 0 spiro atoms. The fourth-order valence-electron chi connectivity index (χ4n) is 1.64. The molecular formula is C12H11Br. The van der Waals surface area contributed by atoms with E-state index < -0.39 is 0 Å². The van der Waals surface area contributed by atoms with E-state index in [0.29, 0.717) is 5.92 Å². The van der Waals surface area contributed by atoms with Crippen LogP contribution in [0.25, 0.3) is 6.08 Å². The monoisotopic (exact) mass is 234 g/mol. The van der Waals surface area contributed by atoms with Crippen LogP contribution in [0.1, 0.15) is 17.0 Å². The lowest BCUT2D eigenvalue weighted by Gasteiger charge is -2.04. The molecule has 0 N–H and O–H groups in total. The highest BCUT2D eigenvalue weighted by molar-refractivity contribution is 9.09. The maximum absolute atomic E-state index is 3.39. The third-order valence-corrected chi connectivity index (χ3v) is 2.64. The van der Waals surface area contributed by atoms with Crippen molar-refractivity contribution in [2.24, 2.45) is 0 Å². The molecule has 0 heterocycles. The first-order chi connectivity index (χ1) is 6.42. The largest absolute Gasteiger partial charge is 0.0883 e. The van der Waals surface area contributed by atoms with Gasteiger partial charge in [-0.1, -0.05) is 64.5 Å². The first-order valence-electron chi connectivity index (χ1n) is 4.41. The van der Waals surface area contributed by atoms with Crippen LogP contribution in [0.3, 0.4) is 0 Å². The van der Waals surface area contributed by atoms with Gasteiger partial charge >= 0.3 is 0 Å². The quantitative estimate of drug-likeness (QED) is 0.541. The summed E-state index contributed by atoms with van der Waals surface area (Å²) < 4.78 is 0. The van der Waals surface area contributed by atoms with Crippen LogP contribution < -0.4 is 0 Å². The van der Waals surface area contributed by atoms with Gasteiger partial charge in [-0.2, -0.15) is 0 Å². The van der Waals surface area contributed by atoms with Crippen molar-refractivity contribution in [1.82, 2.24) is 0 Å². The average Bonchev–Trinajstić information content (AvgIpc) is 2.58. The molecule has 0 aliphatic heterocycles. The van der Waals surface area contributed by atoms with Crippen LogP contribution in [0, 0.1) is 0 Å². The molecule has 1 atom stereocenters. The first kappa shape index (κ1) is 8.76. The Hall–Kier alpha value is -0.820. The molecule has 13 heavy (non-hydrogen) atoms. The highest BCUT2D eigenvalue weighted by atomic mass is 79.9. The van der Waals surface area contributed by atoms with E-state index in [4.69, 9.17) is 0 Å². The van der Waals surface area contributed by atoms with Gasteiger partial charge in [0.1, 0.15) is 0 Å². The number of hydrogen-bond donors (Lipinski definition) is 0. The summed E-state index contributed by atoms with van der Waals surface area (Å²) in [6.45, 7) is 0. The van der Waals surface area contributed by atoms with Crippen molar-refractivity contribution in [1.29, 1.82) is 0 Å². The number of fused-ring (bicyclic) bond motifs is 1. The van der Waals surface area contributed by atoms with E-state index in [0.717, 1.165) is 5.33 Å². The molecule has 0 saturated carbocycles. The van der Waals surface area contributed by atoms with Crippen LogP contribution >= 0.6 is 15.9 Å². The van der Waals surface area contributed by atoms with Crippen LogP contribution in [0.5, 0.6) is 0 Å². The second-order valence-corrected chi connectivity index (χ2v) is 3.74. The van der Waals surface area contributed by atoms with E-state index in [-0.39, 0.29) is 0 Å². The molecule has 1 aromatic carbocycles. The van der Waals surface area contributed by atoms with Gasteiger partial charge in [-0.15, -0.1) is 0 Å². The Morgan fingerprint density at radius 2 is 2.15 bits per heavy atom. The average molecular weight is 235 g/mol. The summed E-state index contributed by atoms with van der Waals surface area (Å²) in [7, 11) is 0. The molecule has 0 aromatic heterocycles.